The van der Waals surface area contributed by atoms with Crippen LogP contribution in [0.1, 0.15) is 83.5 Å². The van der Waals surface area contributed by atoms with E-state index in [0.717, 1.165) is 42.5 Å². The van der Waals surface area contributed by atoms with Crippen LogP contribution in [0.2, 0.25) is 0 Å². The number of benzene rings is 1. The number of fused-ring (bicyclic) bond motifs is 4. The van der Waals surface area contributed by atoms with Gasteiger partial charge in [-0.25, -0.2) is 4.79 Å². The molecule has 3 heterocycles. The summed E-state index contributed by atoms with van der Waals surface area (Å²) in [4.78, 5) is 19.1. The number of likely N-dealkylation sites (tertiary alicyclic amines) is 1. The van der Waals surface area contributed by atoms with Gasteiger partial charge < -0.3 is 19.6 Å². The van der Waals surface area contributed by atoms with Crippen molar-refractivity contribution >= 4 is 11.7 Å². The van der Waals surface area contributed by atoms with Gasteiger partial charge in [0.2, 0.25) is 0 Å². The van der Waals surface area contributed by atoms with Gasteiger partial charge in [0.25, 0.3) is 0 Å². The maximum Gasteiger partial charge on any atom is 0.341 e. The van der Waals surface area contributed by atoms with Crippen LogP contribution in [0.3, 0.4) is 0 Å². The van der Waals surface area contributed by atoms with Crippen LogP contribution in [-0.4, -0.2) is 64.7 Å². The highest BCUT2D eigenvalue weighted by molar-refractivity contribution is 5.68. The van der Waals surface area contributed by atoms with Crippen molar-refractivity contribution in [2.45, 2.75) is 108 Å². The molecule has 6 atom stereocenters. The number of ether oxygens (including phenoxy) is 1. The lowest BCUT2D eigenvalue weighted by Gasteiger charge is -2.57. The van der Waals surface area contributed by atoms with Gasteiger partial charge in [0.15, 0.2) is 6.61 Å². The van der Waals surface area contributed by atoms with Crippen LogP contribution < -0.4 is 9.64 Å². The SMILES string of the molecule is C=C(N1CCCC1)N(c1cccc(OCC(=O)O)c1)[C@H]1C[C@H]2CCC[C@@H](C1)N2[C@H]1C[C@@H]2CCC[C@@H](C2)C1. The summed E-state index contributed by atoms with van der Waals surface area (Å²) in [6, 6.07) is 10.6. The van der Waals surface area contributed by atoms with E-state index in [1.807, 2.05) is 18.2 Å². The standard InChI is InChI=1S/C31H45N3O3/c1-22(32-13-2-3-14-32)33(27-11-6-12-30(20-27)37-21-31(35)36)29-18-25-9-5-10-26(19-29)34(25)28-16-23-7-4-8-24(15-23)17-28/h6,11-12,20,23-26,28-29H,1-5,7-10,13-19,21H2,(H,35,36)/t23-,24+,25-,26+,28+,29+. The molecule has 6 nitrogen and oxygen atoms in total. The van der Waals surface area contributed by atoms with E-state index in [1.54, 1.807) is 0 Å². The third-order valence-electron chi connectivity index (χ3n) is 10.1. The van der Waals surface area contributed by atoms with Gasteiger partial charge in [0, 0.05) is 49.0 Å². The largest absolute Gasteiger partial charge is 0.482 e. The molecule has 202 valence electrons. The number of anilines is 1. The van der Waals surface area contributed by atoms with Crippen LogP contribution in [-0.2, 0) is 4.79 Å². The summed E-state index contributed by atoms with van der Waals surface area (Å²) in [7, 11) is 0. The van der Waals surface area contributed by atoms with Gasteiger partial charge in [0.05, 0.1) is 0 Å². The first-order chi connectivity index (χ1) is 18.0. The molecule has 0 aromatic heterocycles. The number of piperidine rings is 2. The Balaban J connectivity index is 1.25. The maximum absolute atomic E-state index is 11.1. The minimum absolute atomic E-state index is 0.317. The lowest BCUT2D eigenvalue weighted by atomic mass is 9.68. The number of hydrogen-bond acceptors (Lipinski definition) is 5. The van der Waals surface area contributed by atoms with Crippen LogP contribution in [0, 0.1) is 11.8 Å². The van der Waals surface area contributed by atoms with E-state index < -0.39 is 5.97 Å². The number of nitrogens with zero attached hydrogens (tertiary/aromatic N) is 3. The third kappa shape index (κ3) is 5.36. The average Bonchev–Trinajstić information content (AvgIpc) is 3.42. The molecule has 6 rings (SSSR count). The lowest BCUT2D eigenvalue weighted by Crippen LogP contribution is -2.61. The molecule has 0 unspecified atom stereocenters. The Morgan fingerprint density at radius 3 is 2.27 bits per heavy atom. The summed E-state index contributed by atoms with van der Waals surface area (Å²) in [5, 5.41) is 9.10. The molecule has 3 aliphatic heterocycles. The van der Waals surface area contributed by atoms with E-state index in [-0.39, 0.29) is 6.61 Å². The van der Waals surface area contributed by atoms with Crippen molar-refractivity contribution in [1.29, 1.82) is 0 Å². The monoisotopic (exact) mass is 507 g/mol. The molecule has 1 aromatic carbocycles. The molecule has 0 spiro atoms. The highest BCUT2D eigenvalue weighted by atomic mass is 16.5. The van der Waals surface area contributed by atoms with Gasteiger partial charge in [-0.3, -0.25) is 4.90 Å². The van der Waals surface area contributed by atoms with E-state index in [0.29, 0.717) is 23.9 Å². The molecule has 0 radical (unpaired) electrons. The molecular weight excluding hydrogens is 462 g/mol. The van der Waals surface area contributed by atoms with Crippen molar-refractivity contribution in [2.24, 2.45) is 11.8 Å². The fraction of sp³-hybridized carbons (Fsp3) is 0.710. The van der Waals surface area contributed by atoms with Gasteiger partial charge in [-0.2, -0.15) is 0 Å². The second kappa shape index (κ2) is 10.9. The van der Waals surface area contributed by atoms with Gasteiger partial charge >= 0.3 is 5.97 Å². The van der Waals surface area contributed by atoms with E-state index >= 15 is 0 Å². The summed E-state index contributed by atoms with van der Waals surface area (Å²) < 4.78 is 5.58. The second-order valence-electron chi connectivity index (χ2n) is 12.5. The van der Waals surface area contributed by atoms with Crippen LogP contribution >= 0.6 is 0 Å². The molecule has 2 saturated carbocycles. The first-order valence-electron chi connectivity index (χ1n) is 15.0. The minimum Gasteiger partial charge on any atom is -0.482 e. The first-order valence-corrected chi connectivity index (χ1v) is 15.0. The molecule has 3 saturated heterocycles. The Hall–Kier alpha value is -2.21. The van der Waals surface area contributed by atoms with E-state index in [4.69, 9.17) is 9.84 Å². The normalized spacial score (nSPS) is 33.7. The summed E-state index contributed by atoms with van der Waals surface area (Å²) >= 11 is 0. The zero-order valence-electron chi connectivity index (χ0n) is 22.4. The van der Waals surface area contributed by atoms with Crippen LogP contribution in [0.25, 0.3) is 0 Å². The van der Waals surface area contributed by atoms with E-state index in [9.17, 15) is 4.79 Å². The summed E-state index contributed by atoms with van der Waals surface area (Å²) in [5.41, 5.74) is 1.09. The van der Waals surface area contributed by atoms with Gasteiger partial charge in [0.1, 0.15) is 11.6 Å². The number of rotatable bonds is 8. The van der Waals surface area contributed by atoms with Gasteiger partial charge in [-0.15, -0.1) is 0 Å². The van der Waals surface area contributed by atoms with E-state index in [1.165, 1.54) is 83.5 Å². The predicted molar refractivity (Wildman–Crippen MR) is 147 cm³/mol. The maximum atomic E-state index is 11.1. The first kappa shape index (κ1) is 25.1. The number of aliphatic carboxylic acids is 1. The molecule has 4 bridgehead atoms. The quantitative estimate of drug-likeness (QED) is 0.474. The highest BCUT2D eigenvalue weighted by Gasteiger charge is 2.46. The Bertz CT molecular complexity index is 950. The average molecular weight is 508 g/mol. The lowest BCUT2D eigenvalue weighted by molar-refractivity contribution is -0.139. The van der Waals surface area contributed by atoms with Crippen molar-refractivity contribution in [1.82, 2.24) is 9.80 Å². The van der Waals surface area contributed by atoms with Crippen molar-refractivity contribution in [3.63, 3.8) is 0 Å². The minimum atomic E-state index is -0.948. The highest BCUT2D eigenvalue weighted by Crippen LogP contribution is 2.47. The topological polar surface area (TPSA) is 56.3 Å². The number of carboxylic acid groups (broad SMARTS) is 1. The van der Waals surface area contributed by atoms with Crippen LogP contribution in [0.5, 0.6) is 5.75 Å². The molecule has 0 amide bonds. The predicted octanol–water partition coefficient (Wildman–Crippen LogP) is 5.88. The van der Waals surface area contributed by atoms with Crippen LogP contribution in [0.4, 0.5) is 5.69 Å². The summed E-state index contributed by atoms with van der Waals surface area (Å²) in [6.07, 6.45) is 17.6. The van der Waals surface area contributed by atoms with Crippen molar-refractivity contribution < 1.29 is 14.6 Å². The zero-order chi connectivity index (χ0) is 25.4. The molecule has 2 aliphatic carbocycles. The molecule has 1 aromatic rings. The van der Waals surface area contributed by atoms with Crippen LogP contribution in [0.15, 0.2) is 36.7 Å². The van der Waals surface area contributed by atoms with Crippen molar-refractivity contribution in [3.8, 4) is 5.75 Å². The molecular formula is C31H45N3O3. The van der Waals surface area contributed by atoms with Crippen molar-refractivity contribution in [3.05, 3.63) is 36.7 Å². The van der Waals surface area contributed by atoms with Crippen molar-refractivity contribution in [2.75, 3.05) is 24.6 Å². The number of carbonyl (C=O) groups is 1. The smallest absolute Gasteiger partial charge is 0.341 e. The number of hydrogen-bond donors (Lipinski definition) is 1. The fourth-order valence-electron chi connectivity index (χ4n) is 8.70. The molecule has 5 aliphatic rings. The molecule has 5 fully saturated rings. The Kier molecular flexibility index (Phi) is 7.38. The Labute approximate surface area is 222 Å². The number of carboxylic acids is 1. The molecule has 6 heteroatoms. The Morgan fingerprint density at radius 1 is 0.919 bits per heavy atom. The van der Waals surface area contributed by atoms with Gasteiger partial charge in [-0.1, -0.05) is 38.3 Å². The summed E-state index contributed by atoms with van der Waals surface area (Å²) in [5.74, 6) is 2.71. The zero-order valence-corrected chi connectivity index (χ0v) is 22.4. The second-order valence-corrected chi connectivity index (χ2v) is 12.5. The third-order valence-corrected chi connectivity index (χ3v) is 10.1. The summed E-state index contributed by atoms with van der Waals surface area (Å²) in [6.45, 7) is 6.46. The fourth-order valence-corrected chi connectivity index (χ4v) is 8.70. The molecule has 37 heavy (non-hydrogen) atoms. The Morgan fingerprint density at radius 2 is 1.59 bits per heavy atom. The van der Waals surface area contributed by atoms with Gasteiger partial charge in [-0.05, 0) is 81.8 Å². The molecule has 1 N–H and O–H groups in total. The van der Waals surface area contributed by atoms with E-state index in [2.05, 4.69) is 27.3 Å².